The molecule has 4 rings (SSSR count). The highest BCUT2D eigenvalue weighted by molar-refractivity contribution is 7.80. The first-order chi connectivity index (χ1) is 16.9. The van der Waals surface area contributed by atoms with Crippen LogP contribution in [0.5, 0.6) is 5.75 Å². The van der Waals surface area contributed by atoms with Crippen LogP contribution >= 0.6 is 12.2 Å². The molecule has 0 aliphatic heterocycles. The molecule has 0 aliphatic rings. The predicted molar refractivity (Wildman–Crippen MR) is 144 cm³/mol. The van der Waals surface area contributed by atoms with Crippen molar-refractivity contribution >= 4 is 40.0 Å². The van der Waals surface area contributed by atoms with Crippen LogP contribution in [0.1, 0.15) is 46.8 Å². The third-order valence-electron chi connectivity index (χ3n) is 5.74. The summed E-state index contributed by atoms with van der Waals surface area (Å²) >= 11 is 5.41. The van der Waals surface area contributed by atoms with Crippen molar-refractivity contribution in [1.82, 2.24) is 10.3 Å². The number of oxazole rings is 1. The van der Waals surface area contributed by atoms with Crippen LogP contribution in [0.3, 0.4) is 0 Å². The molecule has 0 fully saturated rings. The Labute approximate surface area is 210 Å². The molecule has 0 aliphatic carbocycles. The number of nitrogens with zero attached hydrogens (tertiary/aromatic N) is 1. The average molecular weight is 488 g/mol. The highest BCUT2D eigenvalue weighted by atomic mass is 32.1. The minimum Gasteiger partial charge on any atom is -0.494 e. The number of nitrogens with one attached hydrogen (secondary N) is 2. The van der Waals surface area contributed by atoms with Gasteiger partial charge in [0.1, 0.15) is 11.3 Å². The highest BCUT2D eigenvalue weighted by Crippen LogP contribution is 2.32. The van der Waals surface area contributed by atoms with Gasteiger partial charge in [0.2, 0.25) is 5.89 Å². The molecule has 0 saturated carbocycles. The summed E-state index contributed by atoms with van der Waals surface area (Å²) < 4.78 is 11.7. The number of hydrogen-bond acceptors (Lipinski definition) is 5. The van der Waals surface area contributed by atoms with Gasteiger partial charge in [-0.05, 0) is 98.6 Å². The quantitative estimate of drug-likeness (QED) is 0.222. The minimum atomic E-state index is -0.291. The summed E-state index contributed by atoms with van der Waals surface area (Å²) in [5.41, 5.74) is 6.85. The normalized spacial score (nSPS) is 10.9. The Balaban J connectivity index is 1.45. The van der Waals surface area contributed by atoms with Crippen molar-refractivity contribution in [3.63, 3.8) is 0 Å². The van der Waals surface area contributed by atoms with Crippen LogP contribution in [-0.2, 0) is 0 Å². The molecule has 1 heterocycles. The number of aromatic nitrogens is 1. The number of aryl methyl sites for hydroxylation is 2. The fraction of sp³-hybridized carbons (Fsp3) is 0.250. The Morgan fingerprint density at radius 3 is 2.60 bits per heavy atom. The maximum absolute atomic E-state index is 12.6. The van der Waals surface area contributed by atoms with E-state index in [1.807, 2.05) is 45.0 Å². The minimum absolute atomic E-state index is 0.211. The summed E-state index contributed by atoms with van der Waals surface area (Å²) in [5.74, 6) is 1.000. The molecule has 2 N–H and O–H groups in total. The Morgan fingerprint density at radius 2 is 1.86 bits per heavy atom. The molecule has 3 aromatic carbocycles. The molecule has 6 nitrogen and oxygen atoms in total. The van der Waals surface area contributed by atoms with Crippen LogP contribution in [-0.4, -0.2) is 22.6 Å². The van der Waals surface area contributed by atoms with Crippen molar-refractivity contribution in [2.45, 2.75) is 40.5 Å². The topological polar surface area (TPSA) is 76.4 Å². The molecule has 7 heteroatoms. The molecule has 0 saturated heterocycles. The van der Waals surface area contributed by atoms with E-state index < -0.39 is 0 Å². The number of amides is 1. The third-order valence-corrected chi connectivity index (χ3v) is 5.95. The van der Waals surface area contributed by atoms with Gasteiger partial charge in [-0.2, -0.15) is 0 Å². The van der Waals surface area contributed by atoms with Crippen molar-refractivity contribution in [1.29, 1.82) is 0 Å². The molecular weight excluding hydrogens is 458 g/mol. The van der Waals surface area contributed by atoms with E-state index in [9.17, 15) is 4.79 Å². The van der Waals surface area contributed by atoms with Gasteiger partial charge < -0.3 is 14.5 Å². The zero-order valence-corrected chi connectivity index (χ0v) is 21.2. The highest BCUT2D eigenvalue weighted by Gasteiger charge is 2.16. The van der Waals surface area contributed by atoms with Crippen LogP contribution in [0.25, 0.3) is 22.6 Å². The lowest BCUT2D eigenvalue weighted by Crippen LogP contribution is -2.34. The van der Waals surface area contributed by atoms with Gasteiger partial charge in [0.05, 0.1) is 6.61 Å². The van der Waals surface area contributed by atoms with Crippen LogP contribution in [0.15, 0.2) is 59.0 Å². The lowest BCUT2D eigenvalue weighted by molar-refractivity contribution is 0.0977. The second kappa shape index (κ2) is 10.7. The Bertz CT molecular complexity index is 1380. The van der Waals surface area contributed by atoms with E-state index in [1.54, 1.807) is 24.3 Å². The van der Waals surface area contributed by atoms with Gasteiger partial charge in [-0.15, -0.1) is 0 Å². The largest absolute Gasteiger partial charge is 0.494 e. The number of fused-ring (bicyclic) bond motifs is 1. The number of ether oxygens (including phenoxy) is 1. The summed E-state index contributed by atoms with van der Waals surface area (Å²) in [6.45, 7) is 8.80. The molecule has 0 spiro atoms. The van der Waals surface area contributed by atoms with Gasteiger partial charge >= 0.3 is 0 Å². The summed E-state index contributed by atoms with van der Waals surface area (Å²) in [6.07, 6.45) is 2.07. The Kier molecular flexibility index (Phi) is 7.46. The van der Waals surface area contributed by atoms with Crippen molar-refractivity contribution in [2.24, 2.45) is 0 Å². The molecule has 0 atom stereocenters. The number of rotatable bonds is 7. The van der Waals surface area contributed by atoms with Crippen LogP contribution < -0.4 is 15.4 Å². The second-order valence-electron chi connectivity index (χ2n) is 8.56. The number of carbonyl (C=O) groups excluding carboxylic acids is 1. The molecular formula is C28H29N3O3S. The van der Waals surface area contributed by atoms with Gasteiger partial charge in [-0.25, -0.2) is 4.98 Å². The molecule has 0 radical (unpaired) electrons. The summed E-state index contributed by atoms with van der Waals surface area (Å²) in [7, 11) is 0. The molecule has 1 amide bonds. The van der Waals surface area contributed by atoms with Gasteiger partial charge in [0.15, 0.2) is 10.7 Å². The van der Waals surface area contributed by atoms with E-state index in [-0.39, 0.29) is 11.0 Å². The van der Waals surface area contributed by atoms with E-state index in [0.29, 0.717) is 18.1 Å². The summed E-state index contributed by atoms with van der Waals surface area (Å²) in [5, 5.41) is 6.08. The number of unbranched alkanes of at least 4 members (excludes halogenated alkanes) is 1. The number of hydrogen-bond donors (Lipinski definition) is 2. The molecule has 35 heavy (non-hydrogen) atoms. The number of carbonyl (C=O) groups is 1. The SMILES string of the molecule is CCCCOc1ccc(C(=O)NC(=S)Nc2cccc(-c3nc4cc(C)cc(C)c4o3)c2C)cc1. The fourth-order valence-electron chi connectivity index (χ4n) is 3.86. The number of thiocarbonyl (C=S) groups is 1. The average Bonchev–Trinajstić information content (AvgIpc) is 3.25. The Hall–Kier alpha value is -3.71. The van der Waals surface area contributed by atoms with Gasteiger partial charge in [-0.1, -0.05) is 25.5 Å². The fourth-order valence-corrected chi connectivity index (χ4v) is 4.06. The van der Waals surface area contributed by atoms with E-state index in [2.05, 4.69) is 23.6 Å². The first kappa shape index (κ1) is 24.4. The second-order valence-corrected chi connectivity index (χ2v) is 8.97. The standard InChI is InChI=1S/C28H29N3O3S/c1-5-6-14-33-21-12-10-20(11-13-21)26(32)31-28(35)30-23-9-7-8-22(19(23)4)27-29-24-16-17(2)15-18(3)25(24)34-27/h7-13,15-16H,5-6,14H2,1-4H3,(H2,30,31,32,35). The first-order valence-corrected chi connectivity index (χ1v) is 12.1. The summed E-state index contributed by atoms with van der Waals surface area (Å²) in [4.78, 5) is 17.3. The molecule has 180 valence electrons. The van der Waals surface area contributed by atoms with Crippen LogP contribution in [0.4, 0.5) is 5.69 Å². The maximum Gasteiger partial charge on any atom is 0.257 e. The first-order valence-electron chi connectivity index (χ1n) is 11.7. The third kappa shape index (κ3) is 5.69. The number of anilines is 1. The molecule has 0 unspecified atom stereocenters. The lowest BCUT2D eigenvalue weighted by atomic mass is 10.1. The lowest BCUT2D eigenvalue weighted by Gasteiger charge is -2.13. The predicted octanol–water partition coefficient (Wildman–Crippen LogP) is 6.73. The van der Waals surface area contributed by atoms with Gasteiger partial charge in [0.25, 0.3) is 5.91 Å². The van der Waals surface area contributed by atoms with Crippen molar-refractivity contribution < 1.29 is 13.9 Å². The zero-order chi connectivity index (χ0) is 24.9. The molecule has 1 aromatic heterocycles. The molecule has 0 bridgehead atoms. The van der Waals surface area contributed by atoms with Crippen LogP contribution in [0, 0.1) is 20.8 Å². The van der Waals surface area contributed by atoms with Gasteiger partial charge in [-0.3, -0.25) is 10.1 Å². The van der Waals surface area contributed by atoms with Crippen LogP contribution in [0.2, 0.25) is 0 Å². The number of benzene rings is 3. The molecule has 4 aromatic rings. The summed E-state index contributed by atoms with van der Waals surface area (Å²) in [6, 6.07) is 16.9. The van der Waals surface area contributed by atoms with E-state index in [4.69, 9.17) is 26.4 Å². The van der Waals surface area contributed by atoms with E-state index in [0.717, 1.165) is 57.6 Å². The van der Waals surface area contributed by atoms with Crippen molar-refractivity contribution in [3.05, 3.63) is 76.9 Å². The maximum atomic E-state index is 12.6. The van der Waals surface area contributed by atoms with Crippen molar-refractivity contribution in [3.8, 4) is 17.2 Å². The zero-order valence-electron chi connectivity index (χ0n) is 20.4. The smallest absolute Gasteiger partial charge is 0.257 e. The monoisotopic (exact) mass is 487 g/mol. The van der Waals surface area contributed by atoms with E-state index in [1.165, 1.54) is 0 Å². The van der Waals surface area contributed by atoms with Crippen molar-refractivity contribution in [2.75, 3.05) is 11.9 Å². The Morgan fingerprint density at radius 1 is 1.09 bits per heavy atom. The van der Waals surface area contributed by atoms with Gasteiger partial charge in [0, 0.05) is 16.8 Å². The van der Waals surface area contributed by atoms with E-state index >= 15 is 0 Å².